The molecule has 1 aliphatic heterocycles. The van der Waals surface area contributed by atoms with Gasteiger partial charge in [-0.25, -0.2) is 0 Å². The molecular weight excluding hydrogens is 367 g/mol. The molecule has 2 rings (SSSR count). The molecule has 126 valence electrons. The van der Waals surface area contributed by atoms with Crippen LogP contribution in [0, 0.1) is 0 Å². The summed E-state index contributed by atoms with van der Waals surface area (Å²) in [4.78, 5) is 23.3. The van der Waals surface area contributed by atoms with Crippen LogP contribution in [0.5, 0.6) is 5.75 Å². The SMILES string of the molecule is O=C(CCC(=O)Oc1c(Cl)cc(Cl)cc1Cl)OCC1CCCO1. The normalized spacial score (nSPS) is 17.1. The highest BCUT2D eigenvalue weighted by atomic mass is 35.5. The number of hydrogen-bond donors (Lipinski definition) is 0. The van der Waals surface area contributed by atoms with Crippen molar-refractivity contribution in [1.82, 2.24) is 0 Å². The van der Waals surface area contributed by atoms with Crippen molar-refractivity contribution in [2.24, 2.45) is 0 Å². The molecule has 1 aliphatic rings. The Labute approximate surface area is 148 Å². The zero-order valence-electron chi connectivity index (χ0n) is 12.1. The topological polar surface area (TPSA) is 61.8 Å². The van der Waals surface area contributed by atoms with Crippen LogP contribution in [-0.2, 0) is 19.1 Å². The van der Waals surface area contributed by atoms with Crippen LogP contribution >= 0.6 is 34.8 Å². The van der Waals surface area contributed by atoms with Crippen LogP contribution in [0.3, 0.4) is 0 Å². The summed E-state index contributed by atoms with van der Waals surface area (Å²) in [5, 5.41) is 0.575. The van der Waals surface area contributed by atoms with Crippen molar-refractivity contribution in [2.45, 2.75) is 31.8 Å². The van der Waals surface area contributed by atoms with Gasteiger partial charge in [0.15, 0.2) is 5.75 Å². The van der Waals surface area contributed by atoms with E-state index >= 15 is 0 Å². The predicted molar refractivity (Wildman–Crippen MR) is 86.3 cm³/mol. The van der Waals surface area contributed by atoms with Crippen LogP contribution < -0.4 is 4.74 Å². The number of carbonyl (C=O) groups is 2. The molecule has 1 heterocycles. The lowest BCUT2D eigenvalue weighted by atomic mass is 10.2. The lowest BCUT2D eigenvalue weighted by Gasteiger charge is -2.10. The molecule has 0 spiro atoms. The number of benzene rings is 1. The van der Waals surface area contributed by atoms with E-state index < -0.39 is 11.9 Å². The summed E-state index contributed by atoms with van der Waals surface area (Å²) in [5.41, 5.74) is 0. The van der Waals surface area contributed by atoms with Gasteiger partial charge in [-0.15, -0.1) is 0 Å². The van der Waals surface area contributed by atoms with Crippen LogP contribution in [0.15, 0.2) is 12.1 Å². The summed E-state index contributed by atoms with van der Waals surface area (Å²) in [7, 11) is 0. The van der Waals surface area contributed by atoms with Crippen LogP contribution in [0.2, 0.25) is 15.1 Å². The summed E-state index contributed by atoms with van der Waals surface area (Å²) >= 11 is 17.6. The Kier molecular flexibility index (Phi) is 6.96. The van der Waals surface area contributed by atoms with Crippen molar-refractivity contribution in [3.8, 4) is 5.75 Å². The van der Waals surface area contributed by atoms with Crippen LogP contribution in [-0.4, -0.2) is 31.3 Å². The van der Waals surface area contributed by atoms with E-state index in [1.807, 2.05) is 0 Å². The van der Waals surface area contributed by atoms with Gasteiger partial charge in [-0.2, -0.15) is 0 Å². The van der Waals surface area contributed by atoms with E-state index in [1.165, 1.54) is 12.1 Å². The molecule has 1 aromatic rings. The maximum atomic E-state index is 11.8. The third-order valence-electron chi connectivity index (χ3n) is 3.17. The smallest absolute Gasteiger partial charge is 0.311 e. The largest absolute Gasteiger partial charge is 0.463 e. The summed E-state index contributed by atoms with van der Waals surface area (Å²) in [6.45, 7) is 0.903. The first-order valence-corrected chi connectivity index (χ1v) is 8.21. The molecule has 1 atom stereocenters. The fraction of sp³-hybridized carbons (Fsp3) is 0.467. The van der Waals surface area contributed by atoms with Gasteiger partial charge in [-0.3, -0.25) is 9.59 Å². The fourth-order valence-electron chi connectivity index (χ4n) is 2.03. The highest BCUT2D eigenvalue weighted by Gasteiger charge is 2.19. The molecular formula is C15H15Cl3O5. The maximum absolute atomic E-state index is 11.8. The van der Waals surface area contributed by atoms with Gasteiger partial charge in [0.1, 0.15) is 6.61 Å². The lowest BCUT2D eigenvalue weighted by Crippen LogP contribution is -2.19. The Hall–Kier alpha value is -1.01. The molecule has 23 heavy (non-hydrogen) atoms. The molecule has 8 heteroatoms. The molecule has 5 nitrogen and oxygen atoms in total. The van der Waals surface area contributed by atoms with E-state index in [9.17, 15) is 9.59 Å². The van der Waals surface area contributed by atoms with Gasteiger partial charge in [-0.05, 0) is 25.0 Å². The molecule has 0 bridgehead atoms. The van der Waals surface area contributed by atoms with E-state index in [1.54, 1.807) is 0 Å². The Bertz CT molecular complexity index is 561. The summed E-state index contributed by atoms with van der Waals surface area (Å²) < 4.78 is 15.4. The first-order valence-electron chi connectivity index (χ1n) is 7.08. The third-order valence-corrected chi connectivity index (χ3v) is 3.95. The third kappa shape index (κ3) is 5.84. The van der Waals surface area contributed by atoms with E-state index in [4.69, 9.17) is 49.0 Å². The maximum Gasteiger partial charge on any atom is 0.311 e. The zero-order chi connectivity index (χ0) is 16.8. The Balaban J connectivity index is 1.75. The minimum absolute atomic E-state index is 0.0236. The molecule has 0 radical (unpaired) electrons. The van der Waals surface area contributed by atoms with Crippen molar-refractivity contribution in [2.75, 3.05) is 13.2 Å². The van der Waals surface area contributed by atoms with Crippen LogP contribution in [0.1, 0.15) is 25.7 Å². The van der Waals surface area contributed by atoms with Gasteiger partial charge >= 0.3 is 11.9 Å². The lowest BCUT2D eigenvalue weighted by molar-refractivity contribution is -0.149. The molecule has 1 saturated heterocycles. The Morgan fingerprint density at radius 2 is 1.78 bits per heavy atom. The quantitative estimate of drug-likeness (QED) is 0.549. The van der Waals surface area contributed by atoms with Crippen molar-refractivity contribution in [3.63, 3.8) is 0 Å². The molecule has 0 saturated carbocycles. The number of esters is 2. The van der Waals surface area contributed by atoms with Gasteiger partial charge in [0.2, 0.25) is 0 Å². The molecule has 1 unspecified atom stereocenters. The van der Waals surface area contributed by atoms with Gasteiger partial charge in [0.25, 0.3) is 0 Å². The average Bonchev–Trinajstić information content (AvgIpc) is 3.00. The first-order chi connectivity index (χ1) is 11.0. The fourth-order valence-corrected chi connectivity index (χ4v) is 2.92. The van der Waals surface area contributed by atoms with Crippen LogP contribution in [0.25, 0.3) is 0 Å². The minimum Gasteiger partial charge on any atom is -0.463 e. The van der Waals surface area contributed by atoms with Crippen molar-refractivity contribution in [1.29, 1.82) is 0 Å². The van der Waals surface area contributed by atoms with Gasteiger partial charge < -0.3 is 14.2 Å². The van der Waals surface area contributed by atoms with E-state index in [0.717, 1.165) is 12.8 Å². The summed E-state index contributed by atoms with van der Waals surface area (Å²) in [6, 6.07) is 2.82. The van der Waals surface area contributed by atoms with Crippen molar-refractivity contribution < 1.29 is 23.8 Å². The van der Waals surface area contributed by atoms with E-state index in [-0.39, 0.29) is 41.3 Å². The molecule has 1 aromatic carbocycles. The van der Waals surface area contributed by atoms with Gasteiger partial charge in [-0.1, -0.05) is 34.8 Å². The standard InChI is InChI=1S/C15H15Cl3O5/c16-9-6-11(17)15(12(18)7-9)23-14(20)4-3-13(19)22-8-10-2-1-5-21-10/h6-7,10H,1-5,8H2. The number of rotatable bonds is 6. The molecule has 0 aromatic heterocycles. The van der Waals surface area contributed by atoms with Gasteiger partial charge in [0.05, 0.1) is 29.0 Å². The Morgan fingerprint density at radius 3 is 2.39 bits per heavy atom. The molecule has 0 amide bonds. The number of halogens is 3. The number of carbonyl (C=O) groups excluding carboxylic acids is 2. The van der Waals surface area contributed by atoms with E-state index in [2.05, 4.69) is 0 Å². The number of ether oxygens (including phenoxy) is 3. The highest BCUT2D eigenvalue weighted by molar-refractivity contribution is 6.40. The number of hydrogen-bond acceptors (Lipinski definition) is 5. The second-order valence-electron chi connectivity index (χ2n) is 4.99. The average molecular weight is 382 g/mol. The highest BCUT2D eigenvalue weighted by Crippen LogP contribution is 2.36. The zero-order valence-corrected chi connectivity index (χ0v) is 14.4. The monoisotopic (exact) mass is 380 g/mol. The molecule has 0 N–H and O–H groups in total. The van der Waals surface area contributed by atoms with Crippen molar-refractivity contribution >= 4 is 46.7 Å². The second-order valence-corrected chi connectivity index (χ2v) is 6.24. The molecule has 1 fully saturated rings. The Morgan fingerprint density at radius 1 is 1.13 bits per heavy atom. The first kappa shape index (κ1) is 18.3. The summed E-state index contributed by atoms with van der Waals surface area (Å²) in [5.74, 6) is -1.09. The molecule has 0 aliphatic carbocycles. The van der Waals surface area contributed by atoms with Crippen LogP contribution in [0.4, 0.5) is 0 Å². The second kappa shape index (κ2) is 8.73. The minimum atomic E-state index is -0.634. The summed E-state index contributed by atoms with van der Waals surface area (Å²) in [6.07, 6.45) is 1.58. The van der Waals surface area contributed by atoms with E-state index in [0.29, 0.717) is 11.6 Å². The van der Waals surface area contributed by atoms with Gasteiger partial charge in [0, 0.05) is 11.6 Å². The predicted octanol–water partition coefficient (Wildman–Crippen LogP) is 4.05. The van der Waals surface area contributed by atoms with Crippen molar-refractivity contribution in [3.05, 3.63) is 27.2 Å².